The molecule has 0 radical (unpaired) electrons. The molecule has 0 saturated carbocycles. The monoisotopic (exact) mass is 623 g/mol. The van der Waals surface area contributed by atoms with Crippen LogP contribution in [0.1, 0.15) is 51.9 Å². The zero-order valence-corrected chi connectivity index (χ0v) is 26.2. The second kappa shape index (κ2) is 13.7. The molecule has 0 aliphatic carbocycles. The summed E-state index contributed by atoms with van der Waals surface area (Å²) < 4.78 is 15.6. The highest BCUT2D eigenvalue weighted by Crippen LogP contribution is 2.42. The maximum Gasteiger partial charge on any atom is 0.251 e. The van der Waals surface area contributed by atoms with Crippen LogP contribution in [0.25, 0.3) is 22.2 Å². The number of para-hydroxylation sites is 2. The first kappa shape index (κ1) is 30.6. The lowest BCUT2D eigenvalue weighted by Crippen LogP contribution is -2.39. The number of amides is 1. The Bertz CT molecular complexity index is 1950. The third-order valence-corrected chi connectivity index (χ3v) is 8.96. The lowest BCUT2D eigenvalue weighted by atomic mass is 9.90. The van der Waals surface area contributed by atoms with Gasteiger partial charge in [-0.1, -0.05) is 104 Å². The molecule has 0 bridgehead atoms. The minimum absolute atomic E-state index is 0.000994. The van der Waals surface area contributed by atoms with Crippen molar-refractivity contribution in [2.45, 2.75) is 45.1 Å². The van der Waals surface area contributed by atoms with E-state index in [1.165, 1.54) is 0 Å². The van der Waals surface area contributed by atoms with Crippen molar-refractivity contribution < 1.29 is 19.4 Å². The highest BCUT2D eigenvalue weighted by molar-refractivity contribution is 5.94. The van der Waals surface area contributed by atoms with Gasteiger partial charge in [0.25, 0.3) is 5.91 Å². The molecule has 7 rings (SSSR count). The van der Waals surface area contributed by atoms with E-state index in [2.05, 4.69) is 64.3 Å². The molecule has 1 aliphatic heterocycles. The van der Waals surface area contributed by atoms with Crippen molar-refractivity contribution in [1.82, 2.24) is 14.9 Å². The fraction of sp³-hybridized carbons (Fsp3) is 0.200. The lowest BCUT2D eigenvalue weighted by Gasteiger charge is -2.41. The van der Waals surface area contributed by atoms with Crippen molar-refractivity contribution in [3.63, 3.8) is 0 Å². The first-order valence-electron chi connectivity index (χ1n) is 16.0. The molecule has 47 heavy (non-hydrogen) atoms. The Morgan fingerprint density at radius 2 is 1.53 bits per heavy atom. The van der Waals surface area contributed by atoms with E-state index in [-0.39, 0.29) is 30.6 Å². The number of aliphatic hydroxyl groups excluding tert-OH is 1. The van der Waals surface area contributed by atoms with E-state index in [0.717, 1.165) is 44.4 Å². The van der Waals surface area contributed by atoms with Crippen LogP contribution in [-0.2, 0) is 29.2 Å². The summed E-state index contributed by atoms with van der Waals surface area (Å²) in [5, 5.41) is 12.6. The summed E-state index contributed by atoms with van der Waals surface area (Å²) in [6.45, 7) is 3.25. The molecule has 1 aromatic heterocycles. The summed E-state index contributed by atoms with van der Waals surface area (Å²) in [6.07, 6.45) is 0.967. The number of imidazole rings is 1. The van der Waals surface area contributed by atoms with Gasteiger partial charge in [0.2, 0.25) is 0 Å². The lowest BCUT2D eigenvalue weighted by molar-refractivity contribution is -0.276. The van der Waals surface area contributed by atoms with Crippen LogP contribution < -0.4 is 5.32 Å². The largest absolute Gasteiger partial charge is 0.392 e. The smallest absolute Gasteiger partial charge is 0.251 e. The SMILES string of the molecule is C[C@H]1[C@@H](Cn2cnc3ccccc32)O[C@@H](c2ccc(-c3cccc(CNC(=O)c4ccccc4)c3)cc2)O[C@H]1c1ccc(CO)cc1. The van der Waals surface area contributed by atoms with Gasteiger partial charge in [-0.3, -0.25) is 4.79 Å². The number of carbonyl (C=O) groups is 1. The van der Waals surface area contributed by atoms with Crippen LogP contribution in [0.4, 0.5) is 0 Å². The number of aromatic nitrogens is 2. The van der Waals surface area contributed by atoms with Gasteiger partial charge in [0.1, 0.15) is 0 Å². The van der Waals surface area contributed by atoms with Gasteiger partial charge >= 0.3 is 0 Å². The molecule has 2 heterocycles. The average Bonchev–Trinajstić information content (AvgIpc) is 3.54. The number of benzene rings is 5. The fourth-order valence-corrected chi connectivity index (χ4v) is 6.25. The summed E-state index contributed by atoms with van der Waals surface area (Å²) in [5.74, 6) is -0.0406. The van der Waals surface area contributed by atoms with Gasteiger partial charge in [0.05, 0.1) is 42.7 Å². The molecule has 1 aliphatic rings. The second-order valence-corrected chi connectivity index (χ2v) is 12.1. The van der Waals surface area contributed by atoms with Gasteiger partial charge in [0.15, 0.2) is 6.29 Å². The molecule has 0 unspecified atom stereocenters. The quantitative estimate of drug-likeness (QED) is 0.173. The molecule has 236 valence electrons. The number of hydrogen-bond acceptors (Lipinski definition) is 5. The Balaban J connectivity index is 1.11. The Labute approximate surface area is 274 Å². The number of rotatable bonds is 9. The Kier molecular flexibility index (Phi) is 8.93. The molecule has 1 saturated heterocycles. The summed E-state index contributed by atoms with van der Waals surface area (Å²) in [6, 6.07) is 41.9. The first-order chi connectivity index (χ1) is 23.1. The van der Waals surface area contributed by atoms with Crippen LogP contribution >= 0.6 is 0 Å². The van der Waals surface area contributed by atoms with Crippen molar-refractivity contribution in [3.8, 4) is 11.1 Å². The number of aliphatic hydroxyl groups is 1. The standard InChI is InChI=1S/C40H37N3O4/c1-27-37(24-43-26-42-35-12-5-6-13-36(35)43)46-40(47-38(27)31-16-14-28(25-44)15-17-31)33-20-18-30(19-21-33)34-11-7-8-29(22-34)23-41-39(45)32-9-3-2-4-10-32/h2-22,26-27,37-38,40,44H,23-25H2,1H3,(H,41,45)/t27-,37+,38+,40+/m0/s1. The van der Waals surface area contributed by atoms with Crippen molar-refractivity contribution in [1.29, 1.82) is 0 Å². The normalized spacial score (nSPS) is 19.4. The summed E-state index contributed by atoms with van der Waals surface area (Å²) in [7, 11) is 0. The molecule has 5 aromatic carbocycles. The topological polar surface area (TPSA) is 85.6 Å². The first-order valence-corrected chi connectivity index (χ1v) is 16.0. The van der Waals surface area contributed by atoms with Crippen molar-refractivity contribution in [2.24, 2.45) is 5.92 Å². The van der Waals surface area contributed by atoms with E-state index < -0.39 is 6.29 Å². The van der Waals surface area contributed by atoms with Crippen molar-refractivity contribution >= 4 is 16.9 Å². The fourth-order valence-electron chi connectivity index (χ4n) is 6.25. The number of ether oxygens (including phenoxy) is 2. The number of fused-ring (bicyclic) bond motifs is 1. The number of nitrogens with zero attached hydrogens (tertiary/aromatic N) is 2. The minimum atomic E-state index is -0.568. The number of carbonyl (C=O) groups excluding carboxylic acids is 1. The van der Waals surface area contributed by atoms with Crippen LogP contribution in [0.2, 0.25) is 0 Å². The zero-order chi connectivity index (χ0) is 32.2. The third-order valence-electron chi connectivity index (χ3n) is 8.96. The molecule has 0 spiro atoms. The molecule has 2 N–H and O–H groups in total. The zero-order valence-electron chi connectivity index (χ0n) is 26.2. The Morgan fingerprint density at radius 3 is 2.32 bits per heavy atom. The van der Waals surface area contributed by atoms with E-state index in [9.17, 15) is 9.90 Å². The minimum Gasteiger partial charge on any atom is -0.392 e. The molecule has 6 aromatic rings. The number of hydrogen-bond donors (Lipinski definition) is 2. The van der Waals surface area contributed by atoms with E-state index >= 15 is 0 Å². The van der Waals surface area contributed by atoms with E-state index in [4.69, 9.17) is 9.47 Å². The van der Waals surface area contributed by atoms with Crippen molar-refractivity contribution in [2.75, 3.05) is 0 Å². The van der Waals surface area contributed by atoms with Crippen LogP contribution in [-0.4, -0.2) is 26.7 Å². The predicted molar refractivity (Wildman–Crippen MR) is 182 cm³/mol. The van der Waals surface area contributed by atoms with Gasteiger partial charge in [-0.2, -0.15) is 0 Å². The van der Waals surface area contributed by atoms with Gasteiger partial charge in [0, 0.05) is 23.6 Å². The highest BCUT2D eigenvalue weighted by atomic mass is 16.7. The maximum atomic E-state index is 12.5. The van der Waals surface area contributed by atoms with Crippen LogP contribution in [0, 0.1) is 5.92 Å². The predicted octanol–water partition coefficient (Wildman–Crippen LogP) is 7.62. The molecule has 7 heteroatoms. The van der Waals surface area contributed by atoms with Crippen LogP contribution in [0.5, 0.6) is 0 Å². The summed E-state index contributed by atoms with van der Waals surface area (Å²) >= 11 is 0. The maximum absolute atomic E-state index is 12.5. The van der Waals surface area contributed by atoms with Crippen LogP contribution in [0.3, 0.4) is 0 Å². The van der Waals surface area contributed by atoms with Gasteiger partial charge < -0.3 is 24.5 Å². The third kappa shape index (κ3) is 6.74. The summed E-state index contributed by atoms with van der Waals surface area (Å²) in [4.78, 5) is 17.1. The molecule has 7 nitrogen and oxygen atoms in total. The molecule has 1 fully saturated rings. The summed E-state index contributed by atoms with van der Waals surface area (Å²) in [5.41, 5.74) is 8.67. The van der Waals surface area contributed by atoms with E-state index in [1.807, 2.05) is 91.3 Å². The van der Waals surface area contributed by atoms with E-state index in [0.29, 0.717) is 18.7 Å². The molecule has 4 atom stereocenters. The highest BCUT2D eigenvalue weighted by Gasteiger charge is 2.38. The average molecular weight is 624 g/mol. The van der Waals surface area contributed by atoms with Gasteiger partial charge in [-0.15, -0.1) is 0 Å². The second-order valence-electron chi connectivity index (χ2n) is 12.1. The number of nitrogens with one attached hydrogen (secondary N) is 1. The van der Waals surface area contributed by atoms with Crippen molar-refractivity contribution in [3.05, 3.63) is 162 Å². The Morgan fingerprint density at radius 1 is 0.787 bits per heavy atom. The Hall–Kier alpha value is -5.08. The molecule has 1 amide bonds. The van der Waals surface area contributed by atoms with E-state index in [1.54, 1.807) is 0 Å². The van der Waals surface area contributed by atoms with Gasteiger partial charge in [-0.25, -0.2) is 4.98 Å². The van der Waals surface area contributed by atoms with Crippen LogP contribution in [0.15, 0.2) is 134 Å². The van der Waals surface area contributed by atoms with Gasteiger partial charge in [-0.05, 0) is 58.1 Å². The molecular weight excluding hydrogens is 586 g/mol. The molecular formula is C40H37N3O4.